The molecule has 2 rings (SSSR count). The lowest BCUT2D eigenvalue weighted by Crippen LogP contribution is -2.17. The van der Waals surface area contributed by atoms with E-state index in [4.69, 9.17) is 14.6 Å². The van der Waals surface area contributed by atoms with Gasteiger partial charge in [-0.1, -0.05) is 6.92 Å². The third-order valence-corrected chi connectivity index (χ3v) is 2.90. The molecule has 1 aliphatic rings. The minimum Gasteiger partial charge on any atom is -0.475 e. The van der Waals surface area contributed by atoms with Crippen molar-refractivity contribution in [2.45, 2.75) is 38.9 Å². The molecule has 1 aromatic rings. The van der Waals surface area contributed by atoms with Crippen molar-refractivity contribution in [2.75, 3.05) is 13.2 Å². The highest BCUT2D eigenvalue weighted by Gasteiger charge is 2.16. The maximum Gasteiger partial charge on any atom is 0.213 e. The smallest absolute Gasteiger partial charge is 0.213 e. The summed E-state index contributed by atoms with van der Waals surface area (Å²) in [6.07, 6.45) is 3.20. The zero-order valence-corrected chi connectivity index (χ0v) is 10.2. The molecule has 0 bridgehead atoms. The fourth-order valence-corrected chi connectivity index (χ4v) is 1.92. The summed E-state index contributed by atoms with van der Waals surface area (Å²) in [7, 11) is 0. The van der Waals surface area contributed by atoms with Gasteiger partial charge in [0.05, 0.1) is 12.7 Å². The summed E-state index contributed by atoms with van der Waals surface area (Å²) < 4.78 is 11.1. The van der Waals surface area contributed by atoms with Crippen LogP contribution in [0.15, 0.2) is 12.1 Å². The monoisotopic (exact) mass is 237 g/mol. The van der Waals surface area contributed by atoms with E-state index in [1.165, 1.54) is 0 Å². The van der Waals surface area contributed by atoms with Crippen LogP contribution in [-0.2, 0) is 17.8 Å². The van der Waals surface area contributed by atoms with Gasteiger partial charge in [-0.25, -0.2) is 4.98 Å². The predicted octanol–water partition coefficient (Wildman–Crippen LogP) is 1.69. The molecule has 17 heavy (non-hydrogen) atoms. The van der Waals surface area contributed by atoms with Gasteiger partial charge >= 0.3 is 0 Å². The average molecular weight is 237 g/mol. The molecule has 94 valence electrons. The Labute approximate surface area is 102 Å². The lowest BCUT2D eigenvalue weighted by molar-refractivity contribution is 0.0662. The molecule has 4 nitrogen and oxygen atoms in total. The second-order valence-corrected chi connectivity index (χ2v) is 4.26. The van der Waals surface area contributed by atoms with Gasteiger partial charge in [0.2, 0.25) is 5.88 Å². The van der Waals surface area contributed by atoms with Gasteiger partial charge in [0, 0.05) is 18.4 Å². The molecule has 0 aliphatic carbocycles. The van der Waals surface area contributed by atoms with Crippen LogP contribution in [0.4, 0.5) is 0 Å². The van der Waals surface area contributed by atoms with Crippen LogP contribution in [0.25, 0.3) is 0 Å². The van der Waals surface area contributed by atoms with Gasteiger partial charge in [0.25, 0.3) is 0 Å². The molecule has 1 N–H and O–H groups in total. The Hall–Kier alpha value is -1.13. The summed E-state index contributed by atoms with van der Waals surface area (Å²) in [6, 6.07) is 3.69. The highest BCUT2D eigenvalue weighted by molar-refractivity contribution is 5.24. The van der Waals surface area contributed by atoms with Crippen molar-refractivity contribution in [3.05, 3.63) is 23.4 Å². The van der Waals surface area contributed by atoms with E-state index in [1.807, 2.05) is 13.0 Å². The quantitative estimate of drug-likeness (QED) is 0.846. The number of nitrogens with zero attached hydrogens (tertiary/aromatic N) is 1. The molecule has 1 saturated heterocycles. The number of ether oxygens (including phenoxy) is 2. The highest BCUT2D eigenvalue weighted by Crippen LogP contribution is 2.17. The second kappa shape index (κ2) is 5.98. The minimum absolute atomic E-state index is 0.0197. The maximum atomic E-state index is 9.15. The van der Waals surface area contributed by atoms with Crippen LogP contribution in [0.2, 0.25) is 0 Å². The Morgan fingerprint density at radius 3 is 3.06 bits per heavy atom. The van der Waals surface area contributed by atoms with Gasteiger partial charge in [-0.05, 0) is 30.9 Å². The number of rotatable bonds is 5. The number of hydrogen-bond donors (Lipinski definition) is 1. The molecular formula is C13H19NO3. The Morgan fingerprint density at radius 2 is 2.41 bits per heavy atom. The number of aliphatic hydroxyl groups excluding tert-OH is 1. The predicted molar refractivity (Wildman–Crippen MR) is 64.0 cm³/mol. The fourth-order valence-electron chi connectivity index (χ4n) is 1.92. The summed E-state index contributed by atoms with van der Waals surface area (Å²) in [5, 5.41) is 9.15. The fraction of sp³-hybridized carbons (Fsp3) is 0.615. The van der Waals surface area contributed by atoms with Crippen molar-refractivity contribution in [3.63, 3.8) is 0 Å². The molecule has 1 aromatic heterocycles. The van der Waals surface area contributed by atoms with E-state index in [9.17, 15) is 0 Å². The molecule has 4 heteroatoms. The van der Waals surface area contributed by atoms with Crippen molar-refractivity contribution in [1.82, 2.24) is 4.98 Å². The summed E-state index contributed by atoms with van der Waals surface area (Å²) in [6.45, 7) is 3.43. The lowest BCUT2D eigenvalue weighted by Gasteiger charge is -2.12. The van der Waals surface area contributed by atoms with Crippen molar-refractivity contribution in [1.29, 1.82) is 0 Å². The van der Waals surface area contributed by atoms with Crippen molar-refractivity contribution in [3.8, 4) is 5.88 Å². The molecule has 0 aromatic carbocycles. The van der Waals surface area contributed by atoms with Gasteiger partial charge in [-0.15, -0.1) is 0 Å². The largest absolute Gasteiger partial charge is 0.475 e. The normalized spacial score (nSPS) is 19.5. The number of aliphatic hydroxyl groups is 1. The van der Waals surface area contributed by atoms with E-state index >= 15 is 0 Å². The van der Waals surface area contributed by atoms with E-state index in [0.29, 0.717) is 12.5 Å². The Morgan fingerprint density at radius 1 is 1.53 bits per heavy atom. The van der Waals surface area contributed by atoms with Crippen LogP contribution < -0.4 is 4.74 Å². The molecule has 1 fully saturated rings. The molecule has 1 unspecified atom stereocenters. The number of aryl methyl sites for hydroxylation is 1. The number of hydrogen-bond acceptors (Lipinski definition) is 4. The SMILES string of the molecule is CCc1cc(CO)cc(OCC2CCCO2)n1. The van der Waals surface area contributed by atoms with Crippen LogP contribution in [0.5, 0.6) is 5.88 Å². The van der Waals surface area contributed by atoms with Crippen LogP contribution in [0.3, 0.4) is 0 Å². The molecule has 0 radical (unpaired) electrons. The Kier molecular flexibility index (Phi) is 4.34. The first-order valence-corrected chi connectivity index (χ1v) is 6.17. The van der Waals surface area contributed by atoms with Crippen LogP contribution in [0.1, 0.15) is 31.0 Å². The molecule has 0 spiro atoms. The first-order valence-electron chi connectivity index (χ1n) is 6.17. The highest BCUT2D eigenvalue weighted by atomic mass is 16.5. The summed E-state index contributed by atoms with van der Waals surface area (Å²) in [5.41, 5.74) is 1.79. The van der Waals surface area contributed by atoms with Crippen LogP contribution >= 0.6 is 0 Å². The summed E-state index contributed by atoms with van der Waals surface area (Å²) in [4.78, 5) is 4.37. The summed E-state index contributed by atoms with van der Waals surface area (Å²) in [5.74, 6) is 0.587. The molecule has 0 amide bonds. The van der Waals surface area contributed by atoms with E-state index in [2.05, 4.69) is 4.98 Å². The minimum atomic E-state index is 0.0197. The van der Waals surface area contributed by atoms with Gasteiger partial charge in [-0.2, -0.15) is 0 Å². The zero-order valence-electron chi connectivity index (χ0n) is 10.2. The van der Waals surface area contributed by atoms with Gasteiger partial charge < -0.3 is 14.6 Å². The number of pyridine rings is 1. The topological polar surface area (TPSA) is 51.6 Å². The van der Waals surface area contributed by atoms with Crippen molar-refractivity contribution in [2.24, 2.45) is 0 Å². The Balaban J connectivity index is 1.98. The summed E-state index contributed by atoms with van der Waals surface area (Å²) >= 11 is 0. The zero-order chi connectivity index (χ0) is 12.1. The van der Waals surface area contributed by atoms with Crippen LogP contribution in [0, 0.1) is 0 Å². The van der Waals surface area contributed by atoms with E-state index < -0.39 is 0 Å². The van der Waals surface area contributed by atoms with E-state index in [0.717, 1.165) is 37.1 Å². The second-order valence-electron chi connectivity index (χ2n) is 4.26. The van der Waals surface area contributed by atoms with E-state index in [-0.39, 0.29) is 12.7 Å². The maximum absolute atomic E-state index is 9.15. The third kappa shape index (κ3) is 3.41. The van der Waals surface area contributed by atoms with Crippen molar-refractivity contribution < 1.29 is 14.6 Å². The van der Waals surface area contributed by atoms with Crippen LogP contribution in [-0.4, -0.2) is 29.4 Å². The molecule has 0 saturated carbocycles. The standard InChI is InChI=1S/C13H19NO3/c1-2-11-6-10(8-15)7-13(14-11)17-9-12-4-3-5-16-12/h6-7,12,15H,2-5,8-9H2,1H3. The Bertz CT molecular complexity index is 339. The van der Waals surface area contributed by atoms with E-state index in [1.54, 1.807) is 6.07 Å². The van der Waals surface area contributed by atoms with Gasteiger partial charge in [0.15, 0.2) is 0 Å². The first-order chi connectivity index (χ1) is 8.31. The molecule has 2 heterocycles. The average Bonchev–Trinajstić information content (AvgIpc) is 2.89. The lowest BCUT2D eigenvalue weighted by atomic mass is 10.2. The third-order valence-electron chi connectivity index (χ3n) is 2.90. The van der Waals surface area contributed by atoms with Gasteiger partial charge in [-0.3, -0.25) is 0 Å². The molecule has 1 aliphatic heterocycles. The van der Waals surface area contributed by atoms with Gasteiger partial charge in [0.1, 0.15) is 6.61 Å². The first kappa shape index (κ1) is 12.3. The van der Waals surface area contributed by atoms with Crippen molar-refractivity contribution >= 4 is 0 Å². The molecule has 1 atom stereocenters. The number of aromatic nitrogens is 1. The molecular weight excluding hydrogens is 218 g/mol.